The number of hydrogen-bond donors (Lipinski definition) is 0. The molecule has 0 aromatic heterocycles. The average molecular weight is 315 g/mol. The van der Waals surface area contributed by atoms with E-state index >= 15 is 0 Å². The Labute approximate surface area is 84.2 Å². The molecule has 0 aliphatic carbocycles. The molecule has 0 N–H and O–H groups in total. The van der Waals surface area contributed by atoms with Gasteiger partial charge < -0.3 is 0 Å². The van der Waals surface area contributed by atoms with Gasteiger partial charge in [0.25, 0.3) is 0 Å². The zero-order valence-corrected chi connectivity index (χ0v) is 10.9. The van der Waals surface area contributed by atoms with Crippen LogP contribution in [0.5, 0.6) is 0 Å². The number of rotatable bonds is 2. The fourth-order valence-electron chi connectivity index (χ4n) is 0.827. The molecule has 1 aromatic rings. The summed E-state index contributed by atoms with van der Waals surface area (Å²) in [6, 6.07) is 10.0. The summed E-state index contributed by atoms with van der Waals surface area (Å²) in [7, 11) is 9.28. The van der Waals surface area contributed by atoms with Crippen molar-refractivity contribution in [3.8, 4) is 0 Å². The number of benzene rings is 1. The summed E-state index contributed by atoms with van der Waals surface area (Å²) in [5.74, 6) is 0. The van der Waals surface area contributed by atoms with Crippen molar-refractivity contribution < 1.29 is 0 Å². The Bertz CT molecular complexity index is 220. The molecule has 1 aromatic carbocycles. The first-order chi connectivity index (χ1) is 5.08. The van der Waals surface area contributed by atoms with Crippen molar-refractivity contribution in [3.05, 3.63) is 35.9 Å². The molecule has 0 nitrogen and oxygen atoms in total. The average Bonchev–Trinajstić information content (AvgIpc) is 1.85. The molecule has 0 amide bonds. The van der Waals surface area contributed by atoms with E-state index in [1.807, 2.05) is 30.3 Å². The molecule has 0 aliphatic rings. The second-order valence-corrected chi connectivity index (χ2v) is 25.1. The molecule has 0 saturated heterocycles. The van der Waals surface area contributed by atoms with E-state index in [0.717, 1.165) is 5.25 Å². The molecule has 1 rings (SSSR count). The molecule has 0 bridgehead atoms. The second kappa shape index (κ2) is 4.17. The van der Waals surface area contributed by atoms with Gasteiger partial charge in [-0.2, -0.15) is 0 Å². The second-order valence-electron chi connectivity index (χ2n) is 2.28. The van der Waals surface area contributed by atoms with Gasteiger partial charge in [-0.1, -0.05) is 0 Å². The molecular weight excluding hydrogens is 307 g/mol. The SMILES string of the molecule is [Cl][Ge]([Cl])([Br])[CH2]c1ccccc1. The first-order valence-electron chi connectivity index (χ1n) is 3.18. The predicted octanol–water partition coefficient (Wildman–Crippen LogP) is 3.58. The van der Waals surface area contributed by atoms with Crippen molar-refractivity contribution in [1.29, 1.82) is 0 Å². The van der Waals surface area contributed by atoms with Crippen LogP contribution in [0.25, 0.3) is 0 Å². The first kappa shape index (κ1) is 9.91. The summed E-state index contributed by atoms with van der Waals surface area (Å²) in [6.45, 7) is 0. The van der Waals surface area contributed by atoms with Crippen LogP contribution < -0.4 is 0 Å². The molecule has 0 saturated carbocycles. The van der Waals surface area contributed by atoms with Crippen molar-refractivity contribution in [2.24, 2.45) is 0 Å². The quantitative estimate of drug-likeness (QED) is 0.732. The van der Waals surface area contributed by atoms with Crippen molar-refractivity contribution in [2.45, 2.75) is 5.25 Å². The van der Waals surface area contributed by atoms with Crippen molar-refractivity contribution in [3.63, 3.8) is 0 Å². The summed E-state index contributed by atoms with van der Waals surface area (Å²) in [6.07, 6.45) is 0. The van der Waals surface area contributed by atoms with Crippen molar-refractivity contribution >= 4 is 43.6 Å². The van der Waals surface area contributed by atoms with Gasteiger partial charge in [0.15, 0.2) is 0 Å². The van der Waals surface area contributed by atoms with E-state index < -0.39 is 9.57 Å². The summed E-state index contributed by atoms with van der Waals surface area (Å²) in [5.41, 5.74) is 1.20. The van der Waals surface area contributed by atoms with Gasteiger partial charge in [0.1, 0.15) is 0 Å². The molecule has 0 fully saturated rings. The maximum atomic E-state index is 5.94. The normalized spacial score (nSPS) is 11.5. The molecule has 11 heavy (non-hydrogen) atoms. The van der Waals surface area contributed by atoms with E-state index in [9.17, 15) is 0 Å². The van der Waals surface area contributed by atoms with Gasteiger partial charge in [-0.3, -0.25) is 0 Å². The van der Waals surface area contributed by atoms with Crippen LogP contribution in [0, 0.1) is 0 Å². The van der Waals surface area contributed by atoms with E-state index in [1.165, 1.54) is 5.56 Å². The van der Waals surface area contributed by atoms with Gasteiger partial charge in [-0.25, -0.2) is 0 Å². The Hall–Kier alpha value is 0.823. The van der Waals surface area contributed by atoms with E-state index in [4.69, 9.17) is 20.0 Å². The Morgan fingerprint density at radius 2 is 1.73 bits per heavy atom. The van der Waals surface area contributed by atoms with Crippen LogP contribution in [0.1, 0.15) is 5.56 Å². The Balaban J connectivity index is 2.66. The predicted molar refractivity (Wildman–Crippen MR) is 56.5 cm³/mol. The van der Waals surface area contributed by atoms with Gasteiger partial charge in [-0.05, 0) is 0 Å². The molecule has 0 unspecified atom stereocenters. The molecular formula is C7H7BrCl2Ge. The maximum absolute atomic E-state index is 5.94. The zero-order chi connectivity index (χ0) is 8.32. The summed E-state index contributed by atoms with van der Waals surface area (Å²) in [5, 5.41) is 0.796. The fourth-order valence-corrected chi connectivity index (χ4v) is 5.58. The summed E-state index contributed by atoms with van der Waals surface area (Å²) < 4.78 is 0. The van der Waals surface area contributed by atoms with Crippen LogP contribution in [0.15, 0.2) is 30.3 Å². The zero-order valence-electron chi connectivity index (χ0n) is 5.73. The molecule has 0 aliphatic heterocycles. The molecule has 0 radical (unpaired) electrons. The summed E-state index contributed by atoms with van der Waals surface area (Å²) >= 11 is 3.33. The third-order valence-electron chi connectivity index (χ3n) is 1.25. The van der Waals surface area contributed by atoms with Crippen LogP contribution in [-0.2, 0) is 5.25 Å². The van der Waals surface area contributed by atoms with Gasteiger partial charge in [0, 0.05) is 0 Å². The minimum absolute atomic E-state index is 0.796. The Kier molecular flexibility index (Phi) is 3.76. The van der Waals surface area contributed by atoms with Crippen LogP contribution in [0.4, 0.5) is 0 Å². The van der Waals surface area contributed by atoms with Gasteiger partial charge >= 0.3 is 84.7 Å². The van der Waals surface area contributed by atoms with E-state index in [2.05, 4.69) is 14.0 Å². The van der Waals surface area contributed by atoms with Gasteiger partial charge in [0.05, 0.1) is 0 Å². The van der Waals surface area contributed by atoms with Crippen LogP contribution >= 0.6 is 34.0 Å². The topological polar surface area (TPSA) is 0 Å². The third kappa shape index (κ3) is 4.41. The van der Waals surface area contributed by atoms with Gasteiger partial charge in [0.2, 0.25) is 0 Å². The molecule has 4 heteroatoms. The third-order valence-corrected chi connectivity index (χ3v) is 5.79. The van der Waals surface area contributed by atoms with Crippen LogP contribution in [0.2, 0.25) is 0 Å². The van der Waals surface area contributed by atoms with E-state index in [1.54, 1.807) is 0 Å². The monoisotopic (exact) mass is 314 g/mol. The molecule has 0 heterocycles. The molecule has 0 spiro atoms. The van der Waals surface area contributed by atoms with E-state index in [0.29, 0.717) is 0 Å². The van der Waals surface area contributed by atoms with Crippen molar-refractivity contribution in [2.75, 3.05) is 0 Å². The van der Waals surface area contributed by atoms with Crippen molar-refractivity contribution in [1.82, 2.24) is 0 Å². The molecule has 0 atom stereocenters. The summed E-state index contributed by atoms with van der Waals surface area (Å²) in [4.78, 5) is 0. The Morgan fingerprint density at radius 3 is 2.18 bits per heavy atom. The minimum atomic E-state index is -2.60. The van der Waals surface area contributed by atoms with Gasteiger partial charge in [-0.15, -0.1) is 0 Å². The fraction of sp³-hybridized carbons (Fsp3) is 0.143. The van der Waals surface area contributed by atoms with Crippen LogP contribution in [0.3, 0.4) is 0 Å². The Morgan fingerprint density at radius 1 is 1.18 bits per heavy atom. The van der Waals surface area contributed by atoms with E-state index in [-0.39, 0.29) is 0 Å². The standard InChI is InChI=1S/C7H7BrCl2Ge/c8-11(9,10)6-7-4-2-1-3-5-7/h1-5H,6H2. The molecule has 60 valence electrons. The number of halogens is 3. The first-order valence-corrected chi connectivity index (χ1v) is 15.1. The number of hydrogen-bond acceptors (Lipinski definition) is 0. The van der Waals surface area contributed by atoms with Crippen LogP contribution in [-0.4, -0.2) is 9.57 Å².